The molecule has 0 aliphatic heterocycles. The van der Waals surface area contributed by atoms with Gasteiger partial charge in [-0.15, -0.1) is 11.3 Å². The second-order valence-corrected chi connectivity index (χ2v) is 7.93. The fraction of sp³-hybridized carbons (Fsp3) is 0.174. The lowest BCUT2D eigenvalue weighted by molar-refractivity contribution is -0.112. The van der Waals surface area contributed by atoms with Crippen LogP contribution in [0.25, 0.3) is 11.1 Å². The molecule has 144 valence electrons. The number of carbonyl (C=O) groups excluding carboxylic acids is 1. The molecule has 0 fully saturated rings. The third kappa shape index (κ3) is 3.85. The fourth-order valence-electron chi connectivity index (χ4n) is 3.17. The van der Waals surface area contributed by atoms with Gasteiger partial charge in [0.25, 0.3) is 5.91 Å². The van der Waals surface area contributed by atoms with Crippen LogP contribution in [0.15, 0.2) is 42.0 Å². The Kier molecular flexibility index (Phi) is 5.68. The van der Waals surface area contributed by atoms with Gasteiger partial charge >= 0.3 is 0 Å². The Balaban J connectivity index is 2.01. The quantitative estimate of drug-likeness (QED) is 0.483. The van der Waals surface area contributed by atoms with E-state index in [0.717, 1.165) is 32.4 Å². The van der Waals surface area contributed by atoms with E-state index in [4.69, 9.17) is 0 Å². The second-order valence-electron chi connectivity index (χ2n) is 6.73. The number of rotatable bonds is 4. The number of benzene rings is 1. The van der Waals surface area contributed by atoms with Gasteiger partial charge in [-0.3, -0.25) is 4.79 Å². The maximum Gasteiger partial charge on any atom is 0.266 e. The Morgan fingerprint density at radius 1 is 1.14 bits per heavy atom. The van der Waals surface area contributed by atoms with E-state index in [1.165, 1.54) is 0 Å². The Morgan fingerprint density at radius 2 is 1.83 bits per heavy atom. The molecule has 1 aromatic carbocycles. The standard InChI is InChI=1S/C23H20N4OS/c1-14-10-18(11-19(12-24)22(28)26-20-8-6-5-7-9-20)16(3)27(14)23-21(13-25)15(2)17(4)29-23/h5-11H,1-4H3,(H,26,28)/b19-11-. The van der Waals surface area contributed by atoms with Crippen molar-refractivity contribution in [3.63, 3.8) is 0 Å². The van der Waals surface area contributed by atoms with E-state index >= 15 is 0 Å². The third-order valence-electron chi connectivity index (χ3n) is 4.85. The van der Waals surface area contributed by atoms with Crippen molar-refractivity contribution in [1.82, 2.24) is 4.57 Å². The molecule has 1 amide bonds. The number of aryl methyl sites for hydroxylation is 2. The summed E-state index contributed by atoms with van der Waals surface area (Å²) in [7, 11) is 0. The van der Waals surface area contributed by atoms with Crippen LogP contribution in [-0.2, 0) is 4.79 Å². The number of hydrogen-bond acceptors (Lipinski definition) is 4. The van der Waals surface area contributed by atoms with Gasteiger partial charge in [-0.1, -0.05) is 18.2 Å². The van der Waals surface area contributed by atoms with Crippen molar-refractivity contribution in [2.24, 2.45) is 0 Å². The molecule has 0 spiro atoms. The highest BCUT2D eigenvalue weighted by atomic mass is 32.1. The SMILES string of the molecule is Cc1sc(-n2c(C)cc(/C=C(/C#N)C(=O)Nc3ccccc3)c2C)c(C#N)c1C. The van der Waals surface area contributed by atoms with E-state index in [-0.39, 0.29) is 5.57 Å². The van der Waals surface area contributed by atoms with Crippen LogP contribution in [-0.4, -0.2) is 10.5 Å². The molecule has 0 aliphatic carbocycles. The molecule has 5 nitrogen and oxygen atoms in total. The number of nitrogens with one attached hydrogen (secondary N) is 1. The third-order valence-corrected chi connectivity index (χ3v) is 6.04. The number of thiophene rings is 1. The predicted octanol–water partition coefficient (Wildman–Crippen LogP) is 5.19. The van der Waals surface area contributed by atoms with Gasteiger partial charge < -0.3 is 9.88 Å². The van der Waals surface area contributed by atoms with Gasteiger partial charge in [0.2, 0.25) is 0 Å². The van der Waals surface area contributed by atoms with E-state index < -0.39 is 5.91 Å². The van der Waals surface area contributed by atoms with Crippen LogP contribution in [0.3, 0.4) is 0 Å². The number of hydrogen-bond donors (Lipinski definition) is 1. The average molecular weight is 401 g/mol. The molecule has 0 saturated heterocycles. The lowest BCUT2D eigenvalue weighted by Crippen LogP contribution is -2.13. The summed E-state index contributed by atoms with van der Waals surface area (Å²) in [5, 5.41) is 22.7. The largest absolute Gasteiger partial charge is 0.321 e. The van der Waals surface area contributed by atoms with Gasteiger partial charge in [0.1, 0.15) is 22.7 Å². The topological polar surface area (TPSA) is 81.6 Å². The molecule has 6 heteroatoms. The molecule has 2 heterocycles. The highest BCUT2D eigenvalue weighted by Gasteiger charge is 2.19. The fourth-order valence-corrected chi connectivity index (χ4v) is 4.39. The monoisotopic (exact) mass is 400 g/mol. The first kappa shape index (κ1) is 20.1. The zero-order chi connectivity index (χ0) is 21.1. The maximum atomic E-state index is 12.5. The molecule has 3 aromatic rings. The van der Waals surface area contributed by atoms with Crippen molar-refractivity contribution in [1.29, 1.82) is 10.5 Å². The molecule has 0 aliphatic rings. The number of nitrogens with zero attached hydrogens (tertiary/aromatic N) is 3. The number of carbonyl (C=O) groups is 1. The van der Waals surface area contributed by atoms with Crippen molar-refractivity contribution >= 4 is 29.0 Å². The molecule has 0 atom stereocenters. The molecular formula is C23H20N4OS. The van der Waals surface area contributed by atoms with Crippen LogP contribution in [0.2, 0.25) is 0 Å². The number of anilines is 1. The van der Waals surface area contributed by atoms with Crippen LogP contribution in [0, 0.1) is 50.4 Å². The minimum atomic E-state index is -0.455. The molecule has 0 bridgehead atoms. The Bertz CT molecular complexity index is 1200. The van der Waals surface area contributed by atoms with Crippen molar-refractivity contribution in [2.75, 3.05) is 5.32 Å². The van der Waals surface area contributed by atoms with Crippen molar-refractivity contribution in [3.05, 3.63) is 74.9 Å². The summed E-state index contributed by atoms with van der Waals surface area (Å²) >= 11 is 1.57. The summed E-state index contributed by atoms with van der Waals surface area (Å²) in [5.74, 6) is -0.455. The minimum absolute atomic E-state index is 0.0214. The number of aromatic nitrogens is 1. The van der Waals surface area contributed by atoms with Gasteiger partial charge in [0.15, 0.2) is 0 Å². The molecule has 0 unspecified atom stereocenters. The highest BCUT2D eigenvalue weighted by molar-refractivity contribution is 7.14. The summed E-state index contributed by atoms with van der Waals surface area (Å²) in [6.45, 7) is 7.83. The van der Waals surface area contributed by atoms with E-state index in [2.05, 4.69) is 11.4 Å². The van der Waals surface area contributed by atoms with Gasteiger partial charge in [-0.25, -0.2) is 0 Å². The molecule has 0 saturated carbocycles. The average Bonchev–Trinajstić information content (AvgIpc) is 3.14. The molecule has 0 radical (unpaired) electrons. The first-order valence-electron chi connectivity index (χ1n) is 9.05. The first-order chi connectivity index (χ1) is 13.9. The minimum Gasteiger partial charge on any atom is -0.321 e. The van der Waals surface area contributed by atoms with Crippen molar-refractivity contribution in [3.8, 4) is 17.1 Å². The summed E-state index contributed by atoms with van der Waals surface area (Å²) in [4.78, 5) is 13.6. The highest BCUT2D eigenvalue weighted by Crippen LogP contribution is 2.34. The molecule has 2 aromatic heterocycles. The van der Waals surface area contributed by atoms with E-state index in [1.807, 2.05) is 62.6 Å². The van der Waals surface area contributed by atoms with E-state index in [9.17, 15) is 15.3 Å². The Hall–Kier alpha value is -3.61. The zero-order valence-electron chi connectivity index (χ0n) is 16.7. The Labute approximate surface area is 174 Å². The summed E-state index contributed by atoms with van der Waals surface area (Å²) in [6, 6.07) is 15.2. The number of para-hydroxylation sites is 1. The number of nitriles is 2. The Morgan fingerprint density at radius 3 is 2.45 bits per heavy atom. The smallest absolute Gasteiger partial charge is 0.266 e. The molecular weight excluding hydrogens is 380 g/mol. The van der Waals surface area contributed by atoms with Gasteiger partial charge in [-0.05, 0) is 63.1 Å². The summed E-state index contributed by atoms with van der Waals surface area (Å²) < 4.78 is 2.01. The molecule has 3 rings (SSSR count). The molecule has 29 heavy (non-hydrogen) atoms. The van der Waals surface area contributed by atoms with E-state index in [1.54, 1.807) is 29.5 Å². The van der Waals surface area contributed by atoms with Gasteiger partial charge in [0, 0.05) is 22.0 Å². The predicted molar refractivity (Wildman–Crippen MR) is 116 cm³/mol. The van der Waals surface area contributed by atoms with Gasteiger partial charge in [-0.2, -0.15) is 10.5 Å². The summed E-state index contributed by atoms with van der Waals surface area (Å²) in [5.41, 5.74) is 4.88. The van der Waals surface area contributed by atoms with Crippen LogP contribution in [0.1, 0.15) is 33.0 Å². The lowest BCUT2D eigenvalue weighted by atomic mass is 10.1. The normalized spacial score (nSPS) is 11.0. The lowest BCUT2D eigenvalue weighted by Gasteiger charge is -2.08. The van der Waals surface area contributed by atoms with Crippen LogP contribution in [0.5, 0.6) is 0 Å². The maximum absolute atomic E-state index is 12.5. The second kappa shape index (κ2) is 8.18. The molecule has 1 N–H and O–H groups in total. The van der Waals surface area contributed by atoms with E-state index in [0.29, 0.717) is 11.3 Å². The van der Waals surface area contributed by atoms with Crippen molar-refractivity contribution < 1.29 is 4.79 Å². The summed E-state index contributed by atoms with van der Waals surface area (Å²) in [6.07, 6.45) is 1.59. The number of amides is 1. The van der Waals surface area contributed by atoms with Gasteiger partial charge in [0.05, 0.1) is 5.56 Å². The zero-order valence-corrected chi connectivity index (χ0v) is 17.5. The van der Waals surface area contributed by atoms with Crippen LogP contribution < -0.4 is 5.32 Å². The van der Waals surface area contributed by atoms with Crippen molar-refractivity contribution in [2.45, 2.75) is 27.7 Å². The van der Waals surface area contributed by atoms with Crippen LogP contribution in [0.4, 0.5) is 5.69 Å². The first-order valence-corrected chi connectivity index (χ1v) is 9.86. The van der Waals surface area contributed by atoms with Crippen LogP contribution >= 0.6 is 11.3 Å².